The monoisotopic (exact) mass is 384 g/mol. The number of amides is 1. The quantitative estimate of drug-likeness (QED) is 0.721. The molecule has 2 heterocycles. The predicted molar refractivity (Wildman–Crippen MR) is 104 cm³/mol. The lowest BCUT2D eigenvalue weighted by molar-refractivity contribution is -0.119. The van der Waals surface area contributed by atoms with Gasteiger partial charge in [-0.15, -0.1) is 0 Å². The van der Waals surface area contributed by atoms with Crippen molar-refractivity contribution in [1.29, 1.82) is 0 Å². The number of nitrogen functional groups attached to an aromatic ring is 1. The number of carbonyl (C=O) groups is 1. The number of benzene rings is 1. The summed E-state index contributed by atoms with van der Waals surface area (Å²) in [6, 6.07) is 10.4. The van der Waals surface area contributed by atoms with Crippen molar-refractivity contribution >= 4 is 27.1 Å². The van der Waals surface area contributed by atoms with Crippen molar-refractivity contribution in [3.63, 3.8) is 0 Å². The number of nitrogens with zero attached hydrogens (tertiary/aromatic N) is 1. The summed E-state index contributed by atoms with van der Waals surface area (Å²) in [6.07, 6.45) is 6.37. The molecule has 1 aliphatic heterocycles. The number of aromatic nitrogens is 1. The van der Waals surface area contributed by atoms with Crippen molar-refractivity contribution in [2.45, 2.75) is 23.7 Å². The minimum Gasteiger partial charge on any atom is -0.383 e. The van der Waals surface area contributed by atoms with Gasteiger partial charge in [-0.1, -0.05) is 30.3 Å². The van der Waals surface area contributed by atoms with Crippen LogP contribution in [0.25, 0.3) is 5.57 Å². The van der Waals surface area contributed by atoms with Crippen molar-refractivity contribution < 1.29 is 13.2 Å². The number of carbonyl (C=O) groups excluding carboxylic acids is 1. The fourth-order valence-electron chi connectivity index (χ4n) is 2.75. The van der Waals surface area contributed by atoms with Gasteiger partial charge in [0.25, 0.3) is 0 Å². The van der Waals surface area contributed by atoms with Gasteiger partial charge in [0.1, 0.15) is 16.9 Å². The highest BCUT2D eigenvalue weighted by atomic mass is 32.2. The predicted octanol–water partition coefficient (Wildman–Crippen LogP) is 1.60. The first-order chi connectivity index (χ1) is 12.8. The fourth-order valence-corrected chi connectivity index (χ4v) is 4.22. The van der Waals surface area contributed by atoms with Gasteiger partial charge in [0, 0.05) is 18.7 Å². The maximum atomic E-state index is 12.8. The molecule has 1 amide bonds. The molecule has 1 aromatic carbocycles. The summed E-state index contributed by atoms with van der Waals surface area (Å²) >= 11 is 0. The van der Waals surface area contributed by atoms with Crippen LogP contribution >= 0.6 is 0 Å². The summed E-state index contributed by atoms with van der Waals surface area (Å²) in [5.41, 5.74) is 7.86. The molecule has 0 spiro atoms. The van der Waals surface area contributed by atoms with Gasteiger partial charge in [-0.2, -0.15) is 0 Å². The largest absolute Gasteiger partial charge is 0.383 e. The van der Waals surface area contributed by atoms with Crippen LogP contribution in [0, 0.1) is 0 Å². The summed E-state index contributed by atoms with van der Waals surface area (Å²) < 4.78 is 25.7. The Hall–Kier alpha value is -3.13. The van der Waals surface area contributed by atoms with Crippen LogP contribution in [-0.2, 0) is 20.4 Å². The maximum absolute atomic E-state index is 12.8. The Kier molecular flexibility index (Phi) is 5.27. The van der Waals surface area contributed by atoms with Gasteiger partial charge in [0.2, 0.25) is 5.91 Å². The molecule has 0 fully saturated rings. The van der Waals surface area contributed by atoms with Crippen LogP contribution in [0.4, 0.5) is 5.82 Å². The highest BCUT2D eigenvalue weighted by molar-refractivity contribution is 7.90. The Morgan fingerprint density at radius 3 is 2.74 bits per heavy atom. The van der Waals surface area contributed by atoms with E-state index in [2.05, 4.69) is 15.6 Å². The fraction of sp³-hybridized carbons (Fsp3) is 0.158. The first-order valence-electron chi connectivity index (χ1n) is 8.29. The first-order valence-corrected chi connectivity index (χ1v) is 9.94. The molecule has 3 rings (SSSR count). The molecule has 0 aliphatic carbocycles. The van der Waals surface area contributed by atoms with Crippen molar-refractivity contribution in [3.05, 3.63) is 72.1 Å². The van der Waals surface area contributed by atoms with Crippen LogP contribution in [0.5, 0.6) is 0 Å². The summed E-state index contributed by atoms with van der Waals surface area (Å²) in [5.74, 6) is -0.375. The van der Waals surface area contributed by atoms with E-state index < -0.39 is 9.84 Å². The molecule has 7 nitrogen and oxygen atoms in total. The molecule has 8 heteroatoms. The molecule has 4 N–H and O–H groups in total. The topological polar surface area (TPSA) is 114 Å². The van der Waals surface area contributed by atoms with Crippen LogP contribution in [0.15, 0.2) is 65.8 Å². The van der Waals surface area contributed by atoms with Gasteiger partial charge in [0.15, 0.2) is 9.84 Å². The third-order valence-electron chi connectivity index (χ3n) is 3.99. The van der Waals surface area contributed by atoms with Crippen LogP contribution < -0.4 is 16.4 Å². The zero-order valence-electron chi connectivity index (χ0n) is 14.7. The highest BCUT2D eigenvalue weighted by Gasteiger charge is 2.21. The first kappa shape index (κ1) is 18.7. The van der Waals surface area contributed by atoms with Crippen molar-refractivity contribution in [2.75, 3.05) is 5.73 Å². The zero-order valence-corrected chi connectivity index (χ0v) is 15.5. The number of pyridine rings is 1. The Balaban J connectivity index is 1.94. The molecule has 2 aromatic rings. The SMILES string of the molecule is CC(=O)NC1C=C(c2cnc(N)c(S(=O)(=O)Cc3ccccc3)c2)C=CN1. The van der Waals surface area contributed by atoms with E-state index in [-0.39, 0.29) is 28.5 Å². The van der Waals surface area contributed by atoms with Crippen LogP contribution in [0.3, 0.4) is 0 Å². The smallest absolute Gasteiger partial charge is 0.218 e. The molecule has 1 atom stereocenters. The number of nitrogens with one attached hydrogen (secondary N) is 2. The summed E-state index contributed by atoms with van der Waals surface area (Å²) in [6.45, 7) is 1.42. The average molecular weight is 384 g/mol. The summed E-state index contributed by atoms with van der Waals surface area (Å²) in [4.78, 5) is 15.3. The van der Waals surface area contributed by atoms with Gasteiger partial charge in [-0.25, -0.2) is 13.4 Å². The normalized spacial score (nSPS) is 16.3. The lowest BCUT2D eigenvalue weighted by Crippen LogP contribution is -2.41. The molecule has 0 radical (unpaired) electrons. The van der Waals surface area contributed by atoms with Crippen LogP contribution in [0.1, 0.15) is 18.1 Å². The molecule has 0 saturated heterocycles. The number of hydrogen-bond donors (Lipinski definition) is 3. The Morgan fingerprint density at radius 1 is 1.30 bits per heavy atom. The van der Waals surface area contributed by atoms with E-state index in [1.807, 2.05) is 6.07 Å². The lowest BCUT2D eigenvalue weighted by atomic mass is 10.1. The average Bonchev–Trinajstić information content (AvgIpc) is 2.62. The highest BCUT2D eigenvalue weighted by Crippen LogP contribution is 2.26. The number of dihydropyridines is 1. The zero-order chi connectivity index (χ0) is 19.4. The van der Waals surface area contributed by atoms with Crippen LogP contribution in [-0.4, -0.2) is 25.5 Å². The Labute approximate surface area is 157 Å². The van der Waals surface area contributed by atoms with Gasteiger partial charge in [-0.05, 0) is 35.6 Å². The number of anilines is 1. The molecular weight excluding hydrogens is 364 g/mol. The number of nitrogens with two attached hydrogens (primary N) is 1. The molecule has 27 heavy (non-hydrogen) atoms. The Bertz CT molecular complexity index is 1010. The number of rotatable bonds is 5. The minimum atomic E-state index is -3.66. The van der Waals surface area contributed by atoms with Crippen molar-refractivity contribution in [3.8, 4) is 0 Å². The van der Waals surface area contributed by atoms with E-state index in [9.17, 15) is 13.2 Å². The second-order valence-electron chi connectivity index (χ2n) is 6.15. The number of hydrogen-bond acceptors (Lipinski definition) is 6. The van der Waals surface area contributed by atoms with E-state index >= 15 is 0 Å². The van der Waals surface area contributed by atoms with E-state index in [1.54, 1.807) is 42.6 Å². The third kappa shape index (κ3) is 4.53. The van der Waals surface area contributed by atoms with Gasteiger partial charge < -0.3 is 16.4 Å². The lowest BCUT2D eigenvalue weighted by Gasteiger charge is -2.20. The third-order valence-corrected chi connectivity index (χ3v) is 5.70. The van der Waals surface area contributed by atoms with Crippen molar-refractivity contribution in [2.24, 2.45) is 0 Å². The van der Waals surface area contributed by atoms with E-state index in [0.29, 0.717) is 11.1 Å². The minimum absolute atomic E-state index is 0.00670. The number of sulfone groups is 1. The van der Waals surface area contributed by atoms with Crippen LogP contribution in [0.2, 0.25) is 0 Å². The van der Waals surface area contributed by atoms with E-state index in [1.165, 1.54) is 19.2 Å². The number of allylic oxidation sites excluding steroid dienone is 2. The van der Waals surface area contributed by atoms with E-state index in [4.69, 9.17) is 5.73 Å². The molecule has 1 aromatic heterocycles. The van der Waals surface area contributed by atoms with Gasteiger partial charge >= 0.3 is 0 Å². The molecule has 0 saturated carbocycles. The van der Waals surface area contributed by atoms with Crippen molar-refractivity contribution in [1.82, 2.24) is 15.6 Å². The standard InChI is InChI=1S/C19H20N4O3S/c1-13(24)23-18-10-15(7-8-21-18)16-9-17(19(20)22-11-16)27(25,26)12-14-5-3-2-4-6-14/h2-11,18,21H,12H2,1H3,(H2,20,22)(H,23,24). The Morgan fingerprint density at radius 2 is 2.04 bits per heavy atom. The summed E-state index contributed by atoms with van der Waals surface area (Å²) in [7, 11) is -3.66. The molecule has 0 bridgehead atoms. The maximum Gasteiger partial charge on any atom is 0.218 e. The summed E-state index contributed by atoms with van der Waals surface area (Å²) in [5, 5.41) is 5.72. The molecule has 1 unspecified atom stereocenters. The molecular formula is C19H20N4O3S. The second kappa shape index (κ2) is 7.63. The van der Waals surface area contributed by atoms with E-state index in [0.717, 1.165) is 5.57 Å². The molecule has 140 valence electrons. The second-order valence-corrected chi connectivity index (χ2v) is 8.11. The molecule has 1 aliphatic rings. The van der Waals surface area contributed by atoms with Gasteiger partial charge in [-0.3, -0.25) is 4.79 Å². The van der Waals surface area contributed by atoms with Gasteiger partial charge in [0.05, 0.1) is 5.75 Å².